The van der Waals surface area contributed by atoms with Crippen LogP contribution in [0.1, 0.15) is 5.56 Å². The van der Waals surface area contributed by atoms with E-state index in [2.05, 4.69) is 15.9 Å². The molecule has 2 rings (SSSR count). The van der Waals surface area contributed by atoms with Crippen molar-refractivity contribution < 1.29 is 9.53 Å². The average Bonchev–Trinajstić information content (AvgIpc) is 2.40. The first-order valence-corrected chi connectivity index (χ1v) is 6.71. The second kappa shape index (κ2) is 6.50. The lowest BCUT2D eigenvalue weighted by molar-refractivity contribution is -0.135. The third-order valence-corrected chi connectivity index (χ3v) is 3.10. The van der Waals surface area contributed by atoms with Gasteiger partial charge < -0.3 is 10.5 Å². The van der Waals surface area contributed by atoms with Crippen LogP contribution in [0.25, 0.3) is 0 Å². The maximum Gasteiger partial charge on any atom is 0.328 e. The Morgan fingerprint density at radius 3 is 2.58 bits per heavy atom. The van der Waals surface area contributed by atoms with Crippen molar-refractivity contribution in [2.45, 2.75) is 12.5 Å². The van der Waals surface area contributed by atoms with Crippen LogP contribution in [-0.4, -0.2) is 12.0 Å². The van der Waals surface area contributed by atoms with Gasteiger partial charge in [0.1, 0.15) is 11.8 Å². The predicted octanol–water partition coefficient (Wildman–Crippen LogP) is 2.92. The summed E-state index contributed by atoms with van der Waals surface area (Å²) in [5.41, 5.74) is 6.85. The molecule has 0 aliphatic rings. The molecular formula is C15H14BrNO2. The van der Waals surface area contributed by atoms with Gasteiger partial charge in [-0.2, -0.15) is 0 Å². The van der Waals surface area contributed by atoms with Crippen molar-refractivity contribution in [3.05, 3.63) is 64.6 Å². The summed E-state index contributed by atoms with van der Waals surface area (Å²) in [5.74, 6) is 0.0865. The Balaban J connectivity index is 1.96. The van der Waals surface area contributed by atoms with Crippen molar-refractivity contribution in [1.29, 1.82) is 0 Å². The SMILES string of the molecule is NC(Cc1cccc(Br)c1)C(=O)Oc1ccccc1. The first kappa shape index (κ1) is 13.8. The lowest BCUT2D eigenvalue weighted by atomic mass is 10.1. The summed E-state index contributed by atoms with van der Waals surface area (Å²) in [6.45, 7) is 0. The van der Waals surface area contributed by atoms with Crippen molar-refractivity contribution >= 4 is 21.9 Å². The van der Waals surface area contributed by atoms with Crippen LogP contribution >= 0.6 is 15.9 Å². The molecule has 0 heterocycles. The van der Waals surface area contributed by atoms with Gasteiger partial charge >= 0.3 is 5.97 Å². The maximum absolute atomic E-state index is 11.8. The summed E-state index contributed by atoms with van der Waals surface area (Å²) in [6.07, 6.45) is 0.450. The van der Waals surface area contributed by atoms with E-state index in [9.17, 15) is 4.79 Å². The summed E-state index contributed by atoms with van der Waals surface area (Å²) >= 11 is 3.39. The van der Waals surface area contributed by atoms with Gasteiger partial charge in [-0.1, -0.05) is 46.3 Å². The minimum Gasteiger partial charge on any atom is -0.425 e. The number of benzene rings is 2. The number of rotatable bonds is 4. The van der Waals surface area contributed by atoms with E-state index in [1.54, 1.807) is 12.1 Å². The van der Waals surface area contributed by atoms with Crippen LogP contribution in [0.2, 0.25) is 0 Å². The highest BCUT2D eigenvalue weighted by Gasteiger charge is 2.16. The topological polar surface area (TPSA) is 52.3 Å². The summed E-state index contributed by atoms with van der Waals surface area (Å²) in [7, 11) is 0. The monoisotopic (exact) mass is 319 g/mol. The molecular weight excluding hydrogens is 306 g/mol. The fourth-order valence-corrected chi connectivity index (χ4v) is 2.13. The number of carbonyl (C=O) groups is 1. The summed E-state index contributed by atoms with van der Waals surface area (Å²) < 4.78 is 6.17. The Bertz CT molecular complexity index is 557. The number of carbonyl (C=O) groups excluding carboxylic acids is 1. The average molecular weight is 320 g/mol. The van der Waals surface area contributed by atoms with Crippen LogP contribution in [0, 0.1) is 0 Å². The quantitative estimate of drug-likeness (QED) is 0.696. The summed E-state index contributed by atoms with van der Waals surface area (Å²) in [4.78, 5) is 11.8. The summed E-state index contributed by atoms with van der Waals surface area (Å²) in [5, 5.41) is 0. The van der Waals surface area contributed by atoms with Crippen LogP contribution in [0.5, 0.6) is 5.75 Å². The standard InChI is InChI=1S/C15H14BrNO2/c16-12-6-4-5-11(9-12)10-14(17)15(18)19-13-7-2-1-3-8-13/h1-9,14H,10,17H2. The van der Waals surface area contributed by atoms with Gasteiger partial charge in [-0.3, -0.25) is 0 Å². The molecule has 0 saturated heterocycles. The predicted molar refractivity (Wildman–Crippen MR) is 77.9 cm³/mol. The lowest BCUT2D eigenvalue weighted by Gasteiger charge is -2.11. The van der Waals surface area contributed by atoms with Gasteiger partial charge in [0.15, 0.2) is 0 Å². The molecule has 0 fully saturated rings. The number of para-hydroxylation sites is 1. The second-order valence-corrected chi connectivity index (χ2v) is 5.09. The highest BCUT2D eigenvalue weighted by Crippen LogP contribution is 2.14. The minimum atomic E-state index is -0.672. The number of hydrogen-bond donors (Lipinski definition) is 1. The van der Waals surface area contributed by atoms with E-state index >= 15 is 0 Å². The molecule has 0 aliphatic heterocycles. The number of hydrogen-bond acceptors (Lipinski definition) is 3. The van der Waals surface area contributed by atoms with E-state index in [1.807, 2.05) is 42.5 Å². The molecule has 0 amide bonds. The van der Waals surface area contributed by atoms with Crippen molar-refractivity contribution in [3.8, 4) is 5.75 Å². The normalized spacial score (nSPS) is 11.9. The molecule has 2 N–H and O–H groups in total. The Hall–Kier alpha value is -1.65. The van der Waals surface area contributed by atoms with Crippen molar-refractivity contribution in [3.63, 3.8) is 0 Å². The first-order valence-electron chi connectivity index (χ1n) is 5.92. The molecule has 4 heteroatoms. The molecule has 0 aliphatic carbocycles. The molecule has 3 nitrogen and oxygen atoms in total. The Morgan fingerprint density at radius 1 is 1.16 bits per heavy atom. The second-order valence-electron chi connectivity index (χ2n) is 4.17. The van der Waals surface area contributed by atoms with Crippen LogP contribution in [0.3, 0.4) is 0 Å². The van der Waals surface area contributed by atoms with Gasteiger partial charge in [-0.05, 0) is 36.2 Å². The van der Waals surface area contributed by atoms with Crippen LogP contribution < -0.4 is 10.5 Å². The third kappa shape index (κ3) is 4.19. The number of nitrogens with two attached hydrogens (primary N) is 1. The fraction of sp³-hybridized carbons (Fsp3) is 0.133. The van der Waals surface area contributed by atoms with Crippen molar-refractivity contribution in [2.24, 2.45) is 5.73 Å². The van der Waals surface area contributed by atoms with Crippen molar-refractivity contribution in [2.75, 3.05) is 0 Å². The zero-order chi connectivity index (χ0) is 13.7. The molecule has 0 spiro atoms. The van der Waals surface area contributed by atoms with Crippen molar-refractivity contribution in [1.82, 2.24) is 0 Å². The molecule has 2 aromatic carbocycles. The van der Waals surface area contributed by atoms with E-state index in [0.717, 1.165) is 10.0 Å². The van der Waals surface area contributed by atoms with Gasteiger partial charge in [-0.15, -0.1) is 0 Å². The first-order chi connectivity index (χ1) is 9.15. The minimum absolute atomic E-state index is 0.425. The van der Waals surface area contributed by atoms with E-state index < -0.39 is 12.0 Å². The van der Waals surface area contributed by atoms with E-state index in [0.29, 0.717) is 12.2 Å². The highest BCUT2D eigenvalue weighted by molar-refractivity contribution is 9.10. The molecule has 98 valence electrons. The van der Waals surface area contributed by atoms with Gasteiger partial charge in [0, 0.05) is 4.47 Å². The van der Waals surface area contributed by atoms with Gasteiger partial charge in [0.25, 0.3) is 0 Å². The lowest BCUT2D eigenvalue weighted by Crippen LogP contribution is -2.36. The Kier molecular flexibility index (Phi) is 4.71. The third-order valence-electron chi connectivity index (χ3n) is 2.61. The van der Waals surface area contributed by atoms with Gasteiger partial charge in [0.2, 0.25) is 0 Å². The van der Waals surface area contributed by atoms with Crippen LogP contribution in [-0.2, 0) is 11.2 Å². The fourth-order valence-electron chi connectivity index (χ4n) is 1.68. The molecule has 2 aromatic rings. The molecule has 0 radical (unpaired) electrons. The van der Waals surface area contributed by atoms with Gasteiger partial charge in [-0.25, -0.2) is 4.79 Å². The molecule has 0 saturated carbocycles. The zero-order valence-corrected chi connectivity index (χ0v) is 11.8. The largest absolute Gasteiger partial charge is 0.425 e. The molecule has 19 heavy (non-hydrogen) atoms. The summed E-state index contributed by atoms with van der Waals surface area (Å²) in [6, 6.07) is 16.0. The Labute approximate surface area is 120 Å². The highest BCUT2D eigenvalue weighted by atomic mass is 79.9. The van der Waals surface area contributed by atoms with Crippen LogP contribution in [0.15, 0.2) is 59.1 Å². The smallest absolute Gasteiger partial charge is 0.328 e. The number of ether oxygens (including phenoxy) is 1. The van der Waals surface area contributed by atoms with E-state index in [4.69, 9.17) is 10.5 Å². The molecule has 1 atom stereocenters. The van der Waals surface area contributed by atoms with Crippen LogP contribution in [0.4, 0.5) is 0 Å². The number of halogens is 1. The molecule has 0 bridgehead atoms. The number of esters is 1. The molecule has 1 unspecified atom stereocenters. The Morgan fingerprint density at radius 2 is 1.89 bits per heavy atom. The zero-order valence-electron chi connectivity index (χ0n) is 10.3. The molecule has 0 aromatic heterocycles. The van der Waals surface area contributed by atoms with Gasteiger partial charge in [0.05, 0.1) is 0 Å². The van der Waals surface area contributed by atoms with E-state index in [-0.39, 0.29) is 0 Å². The van der Waals surface area contributed by atoms with E-state index in [1.165, 1.54) is 0 Å². The maximum atomic E-state index is 11.8.